The highest BCUT2D eigenvalue weighted by atomic mass is 16.5. The molecule has 166 valence electrons. The van der Waals surface area contributed by atoms with E-state index in [4.69, 9.17) is 4.74 Å². The normalized spacial score (nSPS) is 24.0. The van der Waals surface area contributed by atoms with E-state index in [1.807, 2.05) is 41.3 Å². The third-order valence-corrected chi connectivity index (χ3v) is 7.10. The maximum Gasteiger partial charge on any atom is 0.254 e. The molecule has 0 N–H and O–H groups in total. The number of rotatable bonds is 7. The fourth-order valence-corrected chi connectivity index (χ4v) is 5.08. The van der Waals surface area contributed by atoms with Crippen LogP contribution in [-0.4, -0.2) is 53.5 Å². The van der Waals surface area contributed by atoms with Gasteiger partial charge in [-0.3, -0.25) is 9.69 Å². The summed E-state index contributed by atoms with van der Waals surface area (Å²) in [7, 11) is 0. The monoisotopic (exact) mass is 420 g/mol. The van der Waals surface area contributed by atoms with Crippen LogP contribution in [0.25, 0.3) is 11.1 Å². The zero-order valence-electron chi connectivity index (χ0n) is 19.2. The van der Waals surface area contributed by atoms with Crippen LogP contribution in [0.1, 0.15) is 63.2 Å². The fourth-order valence-electron chi connectivity index (χ4n) is 5.08. The molecule has 1 amide bonds. The first kappa shape index (κ1) is 21.9. The number of ether oxygens (including phenoxy) is 1. The minimum Gasteiger partial charge on any atom is -0.494 e. The lowest BCUT2D eigenvalue weighted by molar-refractivity contribution is 0.0747. The molecule has 2 heterocycles. The molecular weight excluding hydrogens is 384 g/mol. The first-order valence-electron chi connectivity index (χ1n) is 11.9. The van der Waals surface area contributed by atoms with Crippen molar-refractivity contribution in [3.05, 3.63) is 54.1 Å². The summed E-state index contributed by atoms with van der Waals surface area (Å²) in [4.78, 5) is 17.3. The molecule has 1 unspecified atom stereocenters. The molecule has 31 heavy (non-hydrogen) atoms. The van der Waals surface area contributed by atoms with Crippen LogP contribution in [0.3, 0.4) is 0 Å². The molecule has 2 saturated heterocycles. The summed E-state index contributed by atoms with van der Waals surface area (Å²) in [6.45, 7) is 9.54. The largest absolute Gasteiger partial charge is 0.494 e. The topological polar surface area (TPSA) is 32.8 Å². The molecule has 2 aromatic carbocycles. The van der Waals surface area contributed by atoms with Gasteiger partial charge in [0.25, 0.3) is 5.91 Å². The highest BCUT2D eigenvalue weighted by Gasteiger charge is 2.27. The Balaban J connectivity index is 1.28. The molecule has 0 saturated carbocycles. The third kappa shape index (κ3) is 5.12. The zero-order chi connectivity index (χ0) is 21.8. The van der Waals surface area contributed by atoms with Gasteiger partial charge in [-0.1, -0.05) is 24.3 Å². The van der Waals surface area contributed by atoms with Crippen LogP contribution in [0, 0.1) is 0 Å². The zero-order valence-corrected chi connectivity index (χ0v) is 19.2. The van der Waals surface area contributed by atoms with Crippen molar-refractivity contribution >= 4 is 5.91 Å². The lowest BCUT2D eigenvalue weighted by atomic mass is 10.0. The minimum atomic E-state index is 0.151. The van der Waals surface area contributed by atoms with Gasteiger partial charge in [0, 0.05) is 36.8 Å². The van der Waals surface area contributed by atoms with E-state index in [2.05, 4.69) is 37.8 Å². The van der Waals surface area contributed by atoms with E-state index in [9.17, 15) is 4.79 Å². The van der Waals surface area contributed by atoms with E-state index < -0.39 is 0 Å². The van der Waals surface area contributed by atoms with Gasteiger partial charge in [0.05, 0.1) is 6.61 Å². The van der Waals surface area contributed by atoms with E-state index in [1.165, 1.54) is 12.8 Å². The summed E-state index contributed by atoms with van der Waals surface area (Å²) in [5.41, 5.74) is 3.04. The lowest BCUT2D eigenvalue weighted by Gasteiger charge is -2.25. The number of likely N-dealkylation sites (tertiary alicyclic amines) is 2. The molecular formula is C27H36N2O2. The Morgan fingerprint density at radius 1 is 0.871 bits per heavy atom. The molecule has 0 aliphatic carbocycles. The second-order valence-corrected chi connectivity index (χ2v) is 9.31. The first-order valence-corrected chi connectivity index (χ1v) is 11.9. The lowest BCUT2D eigenvalue weighted by Crippen LogP contribution is -2.34. The van der Waals surface area contributed by atoms with E-state index in [-0.39, 0.29) is 5.91 Å². The van der Waals surface area contributed by atoms with E-state index in [0.717, 1.165) is 61.4 Å². The maximum absolute atomic E-state index is 12.7. The van der Waals surface area contributed by atoms with Crippen molar-refractivity contribution in [2.24, 2.45) is 0 Å². The number of carbonyl (C=O) groups is 1. The molecule has 4 nitrogen and oxygen atoms in total. The second kappa shape index (κ2) is 9.86. The van der Waals surface area contributed by atoms with Gasteiger partial charge < -0.3 is 9.64 Å². The SMILES string of the molecule is CC1CCCN1C(=O)c1ccc(-c2ccc(OCCCN3[C@H](C)CC[C@H]3C)cc2)cc1. The summed E-state index contributed by atoms with van der Waals surface area (Å²) in [5, 5.41) is 0. The molecule has 0 spiro atoms. The quantitative estimate of drug-likeness (QED) is 0.545. The Kier molecular flexibility index (Phi) is 6.96. The van der Waals surface area contributed by atoms with Crippen LogP contribution in [-0.2, 0) is 0 Å². The van der Waals surface area contributed by atoms with Crippen molar-refractivity contribution < 1.29 is 9.53 Å². The number of hydrogen-bond acceptors (Lipinski definition) is 3. The van der Waals surface area contributed by atoms with E-state index in [0.29, 0.717) is 18.1 Å². The van der Waals surface area contributed by atoms with Crippen molar-refractivity contribution in [3.63, 3.8) is 0 Å². The van der Waals surface area contributed by atoms with E-state index >= 15 is 0 Å². The number of benzene rings is 2. The fraction of sp³-hybridized carbons (Fsp3) is 0.519. The Morgan fingerprint density at radius 2 is 1.48 bits per heavy atom. The highest BCUT2D eigenvalue weighted by molar-refractivity contribution is 5.95. The molecule has 0 radical (unpaired) electrons. The van der Waals surface area contributed by atoms with Crippen LogP contribution in [0.4, 0.5) is 0 Å². The van der Waals surface area contributed by atoms with Crippen LogP contribution in [0.2, 0.25) is 0 Å². The van der Waals surface area contributed by atoms with Crippen molar-refractivity contribution in [1.29, 1.82) is 0 Å². The predicted octanol–water partition coefficient (Wildman–Crippen LogP) is 5.62. The molecule has 2 aromatic rings. The summed E-state index contributed by atoms with van der Waals surface area (Å²) < 4.78 is 5.97. The Hall–Kier alpha value is -2.33. The number of hydrogen-bond donors (Lipinski definition) is 0. The second-order valence-electron chi connectivity index (χ2n) is 9.31. The summed E-state index contributed by atoms with van der Waals surface area (Å²) in [5.74, 6) is 1.07. The van der Waals surface area contributed by atoms with Crippen LogP contribution in [0.15, 0.2) is 48.5 Å². The Bertz CT molecular complexity index is 852. The molecule has 2 aliphatic rings. The minimum absolute atomic E-state index is 0.151. The summed E-state index contributed by atoms with van der Waals surface area (Å²) in [6.07, 6.45) is 5.90. The smallest absolute Gasteiger partial charge is 0.254 e. The van der Waals surface area contributed by atoms with Gasteiger partial charge in [-0.2, -0.15) is 0 Å². The van der Waals surface area contributed by atoms with Crippen LogP contribution < -0.4 is 4.74 Å². The molecule has 3 atom stereocenters. The number of nitrogens with zero attached hydrogens (tertiary/aromatic N) is 2. The first-order chi connectivity index (χ1) is 15.0. The molecule has 2 aliphatic heterocycles. The molecule has 4 rings (SSSR count). The Morgan fingerprint density at radius 3 is 2.06 bits per heavy atom. The third-order valence-electron chi connectivity index (χ3n) is 7.10. The molecule has 0 bridgehead atoms. The highest BCUT2D eigenvalue weighted by Crippen LogP contribution is 2.26. The average molecular weight is 421 g/mol. The Labute approximate surface area is 187 Å². The van der Waals surface area contributed by atoms with Gasteiger partial charge in [0.15, 0.2) is 0 Å². The van der Waals surface area contributed by atoms with Crippen molar-refractivity contribution in [3.8, 4) is 16.9 Å². The van der Waals surface area contributed by atoms with Crippen molar-refractivity contribution in [1.82, 2.24) is 9.80 Å². The van der Waals surface area contributed by atoms with Gasteiger partial charge in [-0.15, -0.1) is 0 Å². The summed E-state index contributed by atoms with van der Waals surface area (Å²) in [6, 6.07) is 18.0. The van der Waals surface area contributed by atoms with Gasteiger partial charge in [-0.25, -0.2) is 0 Å². The predicted molar refractivity (Wildman–Crippen MR) is 127 cm³/mol. The average Bonchev–Trinajstić information content (AvgIpc) is 3.36. The van der Waals surface area contributed by atoms with Gasteiger partial charge in [0.1, 0.15) is 5.75 Å². The van der Waals surface area contributed by atoms with Gasteiger partial charge in [-0.05, 0) is 88.3 Å². The van der Waals surface area contributed by atoms with Gasteiger partial charge >= 0.3 is 0 Å². The summed E-state index contributed by atoms with van der Waals surface area (Å²) >= 11 is 0. The standard InChI is InChI=1S/C27H36N2O2/c1-20-6-4-17-29(20)27(30)25-11-9-23(10-12-25)24-13-15-26(16-14-24)31-19-5-18-28-21(2)7-8-22(28)3/h9-16,20-22H,4-8,17-19H2,1-3H3/t20?,21-,22-/m1/s1. The molecule has 0 aromatic heterocycles. The van der Waals surface area contributed by atoms with Gasteiger partial charge in [0.2, 0.25) is 0 Å². The number of carbonyl (C=O) groups excluding carboxylic acids is 1. The number of amides is 1. The van der Waals surface area contributed by atoms with Crippen molar-refractivity contribution in [2.75, 3.05) is 19.7 Å². The van der Waals surface area contributed by atoms with E-state index in [1.54, 1.807) is 0 Å². The van der Waals surface area contributed by atoms with Crippen LogP contribution in [0.5, 0.6) is 5.75 Å². The molecule has 2 fully saturated rings. The van der Waals surface area contributed by atoms with Crippen LogP contribution >= 0.6 is 0 Å². The maximum atomic E-state index is 12.7. The molecule has 4 heteroatoms. The van der Waals surface area contributed by atoms with Crippen molar-refractivity contribution in [2.45, 2.75) is 71.0 Å².